The summed E-state index contributed by atoms with van der Waals surface area (Å²) in [6, 6.07) is 14.8. The average molecular weight is 411 g/mol. The van der Waals surface area contributed by atoms with Gasteiger partial charge in [-0.05, 0) is 67.6 Å². The van der Waals surface area contributed by atoms with Gasteiger partial charge in [0.2, 0.25) is 11.7 Å². The maximum absolute atomic E-state index is 13.0. The van der Waals surface area contributed by atoms with E-state index in [1.54, 1.807) is 17.0 Å². The number of halogens is 1. The van der Waals surface area contributed by atoms with E-state index in [0.29, 0.717) is 23.3 Å². The molecule has 29 heavy (non-hydrogen) atoms. The number of amides is 2. The number of aromatic nitrogens is 2. The molecule has 1 N–H and O–H groups in total. The van der Waals surface area contributed by atoms with Crippen molar-refractivity contribution in [1.82, 2.24) is 15.0 Å². The number of carbonyl (C=O) groups is 1. The second-order valence-corrected chi connectivity index (χ2v) is 7.59. The van der Waals surface area contributed by atoms with Crippen LogP contribution in [0.3, 0.4) is 0 Å². The quantitative estimate of drug-likeness (QED) is 0.597. The molecular formula is C22H23ClN4O2. The van der Waals surface area contributed by atoms with Gasteiger partial charge < -0.3 is 14.7 Å². The first-order chi connectivity index (χ1) is 14.1. The zero-order valence-corrected chi connectivity index (χ0v) is 17.0. The lowest BCUT2D eigenvalue weighted by molar-refractivity contribution is 0.142. The van der Waals surface area contributed by atoms with Crippen LogP contribution in [0.15, 0.2) is 53.1 Å². The van der Waals surface area contributed by atoms with Crippen molar-refractivity contribution in [2.24, 2.45) is 0 Å². The average Bonchev–Trinajstić information content (AvgIpc) is 3.24. The third kappa shape index (κ3) is 4.43. The SMILES string of the molecule is CCc1cccc(NC(=O)N2CCCCC2c2nc(-c3ccc(Cl)cc3)no2)c1. The van der Waals surface area contributed by atoms with E-state index in [1.807, 2.05) is 30.3 Å². The normalized spacial score (nSPS) is 16.6. The van der Waals surface area contributed by atoms with Crippen LogP contribution in [-0.2, 0) is 6.42 Å². The molecule has 0 radical (unpaired) electrons. The zero-order chi connectivity index (χ0) is 20.2. The molecule has 1 fully saturated rings. The molecule has 0 aliphatic carbocycles. The van der Waals surface area contributed by atoms with Crippen molar-refractivity contribution in [3.63, 3.8) is 0 Å². The van der Waals surface area contributed by atoms with Gasteiger partial charge in [-0.2, -0.15) is 4.98 Å². The number of hydrogen-bond acceptors (Lipinski definition) is 4. The van der Waals surface area contributed by atoms with Crippen LogP contribution < -0.4 is 5.32 Å². The Hall–Kier alpha value is -2.86. The molecule has 1 unspecified atom stereocenters. The second kappa shape index (κ2) is 8.66. The van der Waals surface area contributed by atoms with Gasteiger partial charge in [0.1, 0.15) is 6.04 Å². The predicted octanol–water partition coefficient (Wildman–Crippen LogP) is 5.71. The molecule has 1 aromatic heterocycles. The van der Waals surface area contributed by atoms with E-state index in [1.165, 1.54) is 5.56 Å². The smallest absolute Gasteiger partial charge is 0.322 e. The Labute approximate surface area is 174 Å². The van der Waals surface area contributed by atoms with Crippen LogP contribution in [0.25, 0.3) is 11.4 Å². The fourth-order valence-corrected chi connectivity index (χ4v) is 3.71. The van der Waals surface area contributed by atoms with Crippen molar-refractivity contribution in [3.8, 4) is 11.4 Å². The third-order valence-electron chi connectivity index (χ3n) is 5.18. The Balaban J connectivity index is 1.53. The number of likely N-dealkylation sites (tertiary alicyclic amines) is 1. The van der Waals surface area contributed by atoms with Crippen molar-refractivity contribution in [2.75, 3.05) is 11.9 Å². The predicted molar refractivity (Wildman–Crippen MR) is 113 cm³/mol. The van der Waals surface area contributed by atoms with E-state index in [9.17, 15) is 4.79 Å². The second-order valence-electron chi connectivity index (χ2n) is 7.15. The summed E-state index contributed by atoms with van der Waals surface area (Å²) in [5, 5.41) is 7.77. The highest BCUT2D eigenvalue weighted by molar-refractivity contribution is 6.30. The molecule has 1 atom stereocenters. The Bertz CT molecular complexity index is 986. The monoisotopic (exact) mass is 410 g/mol. The first-order valence-electron chi connectivity index (χ1n) is 9.90. The fourth-order valence-electron chi connectivity index (χ4n) is 3.58. The molecule has 6 nitrogen and oxygen atoms in total. The molecule has 7 heteroatoms. The van der Waals surface area contributed by atoms with Gasteiger partial charge in [0.25, 0.3) is 0 Å². The number of carbonyl (C=O) groups excluding carboxylic acids is 1. The van der Waals surface area contributed by atoms with Crippen molar-refractivity contribution in [2.45, 2.75) is 38.6 Å². The Morgan fingerprint density at radius 1 is 1.24 bits per heavy atom. The number of anilines is 1. The van der Waals surface area contributed by atoms with E-state index >= 15 is 0 Å². The number of rotatable bonds is 4. The summed E-state index contributed by atoms with van der Waals surface area (Å²) in [6.07, 6.45) is 3.69. The van der Waals surface area contributed by atoms with Crippen molar-refractivity contribution in [3.05, 3.63) is 65.0 Å². The molecule has 2 amide bonds. The summed E-state index contributed by atoms with van der Waals surface area (Å²) >= 11 is 5.95. The Morgan fingerprint density at radius 2 is 2.07 bits per heavy atom. The molecule has 150 valence electrons. The number of aryl methyl sites for hydroxylation is 1. The number of nitrogens with zero attached hydrogens (tertiary/aromatic N) is 3. The molecule has 1 saturated heterocycles. The molecule has 4 rings (SSSR count). The summed E-state index contributed by atoms with van der Waals surface area (Å²) in [5.41, 5.74) is 2.81. The lowest BCUT2D eigenvalue weighted by atomic mass is 10.0. The summed E-state index contributed by atoms with van der Waals surface area (Å²) < 4.78 is 5.54. The maximum atomic E-state index is 13.0. The number of hydrogen-bond donors (Lipinski definition) is 1. The van der Waals surface area contributed by atoms with E-state index in [4.69, 9.17) is 16.1 Å². The first kappa shape index (κ1) is 19.5. The van der Waals surface area contributed by atoms with Gasteiger partial charge in [-0.15, -0.1) is 0 Å². The largest absolute Gasteiger partial charge is 0.337 e. The number of nitrogens with one attached hydrogen (secondary N) is 1. The lowest BCUT2D eigenvalue weighted by Gasteiger charge is -2.33. The van der Waals surface area contributed by atoms with Gasteiger partial charge in [0.05, 0.1) is 0 Å². The van der Waals surface area contributed by atoms with Crippen molar-refractivity contribution >= 4 is 23.3 Å². The molecule has 0 bridgehead atoms. The Kier molecular flexibility index (Phi) is 5.81. The standard InChI is InChI=1S/C22H23ClN4O2/c1-2-15-6-5-7-18(14-15)24-22(28)27-13-4-3-8-19(27)21-25-20(26-29-21)16-9-11-17(23)12-10-16/h5-7,9-12,14,19H,2-4,8,13H2,1H3,(H,24,28). The number of urea groups is 1. The summed E-state index contributed by atoms with van der Waals surface area (Å²) in [5.74, 6) is 0.963. The van der Waals surface area contributed by atoms with Gasteiger partial charge in [-0.3, -0.25) is 0 Å². The highest BCUT2D eigenvalue weighted by Crippen LogP contribution is 2.32. The minimum atomic E-state index is -0.230. The molecule has 1 aliphatic heterocycles. The summed E-state index contributed by atoms with van der Waals surface area (Å²) in [7, 11) is 0. The van der Waals surface area contributed by atoms with Crippen LogP contribution >= 0.6 is 11.6 Å². The van der Waals surface area contributed by atoms with Gasteiger partial charge in [0.15, 0.2) is 0 Å². The Morgan fingerprint density at radius 3 is 2.86 bits per heavy atom. The third-order valence-corrected chi connectivity index (χ3v) is 5.43. The molecule has 0 saturated carbocycles. The van der Waals surface area contributed by atoms with Gasteiger partial charge in [-0.1, -0.05) is 35.8 Å². The van der Waals surface area contributed by atoms with Crippen LogP contribution in [0.5, 0.6) is 0 Å². The van der Waals surface area contributed by atoms with Crippen LogP contribution in [0.2, 0.25) is 5.02 Å². The van der Waals surface area contributed by atoms with Crippen molar-refractivity contribution < 1.29 is 9.32 Å². The highest BCUT2D eigenvalue weighted by Gasteiger charge is 2.32. The molecule has 2 heterocycles. The minimum Gasteiger partial charge on any atom is -0.337 e. The first-order valence-corrected chi connectivity index (χ1v) is 10.3. The molecule has 2 aromatic carbocycles. The summed E-state index contributed by atoms with van der Waals surface area (Å²) in [4.78, 5) is 19.3. The molecule has 3 aromatic rings. The summed E-state index contributed by atoms with van der Waals surface area (Å²) in [6.45, 7) is 2.75. The van der Waals surface area contributed by atoms with Gasteiger partial charge in [-0.25, -0.2) is 4.79 Å². The molecular weight excluding hydrogens is 388 g/mol. The van der Waals surface area contributed by atoms with Crippen LogP contribution in [0, 0.1) is 0 Å². The van der Waals surface area contributed by atoms with Crippen LogP contribution in [0.4, 0.5) is 10.5 Å². The number of benzene rings is 2. The van der Waals surface area contributed by atoms with Crippen molar-refractivity contribution in [1.29, 1.82) is 0 Å². The topological polar surface area (TPSA) is 71.3 Å². The lowest BCUT2D eigenvalue weighted by Crippen LogP contribution is -2.41. The van der Waals surface area contributed by atoms with Gasteiger partial charge >= 0.3 is 6.03 Å². The van der Waals surface area contributed by atoms with Gasteiger partial charge in [0, 0.05) is 22.8 Å². The molecule has 0 spiro atoms. The highest BCUT2D eigenvalue weighted by atomic mass is 35.5. The van der Waals surface area contributed by atoms with Crippen LogP contribution in [-0.4, -0.2) is 27.6 Å². The fraction of sp³-hybridized carbons (Fsp3) is 0.318. The van der Waals surface area contributed by atoms with E-state index in [0.717, 1.165) is 36.9 Å². The zero-order valence-electron chi connectivity index (χ0n) is 16.3. The van der Waals surface area contributed by atoms with Crippen LogP contribution in [0.1, 0.15) is 43.7 Å². The molecule has 1 aliphatic rings. The number of piperidine rings is 1. The van der Waals surface area contributed by atoms with E-state index in [2.05, 4.69) is 28.4 Å². The van der Waals surface area contributed by atoms with E-state index < -0.39 is 0 Å². The van der Waals surface area contributed by atoms with E-state index in [-0.39, 0.29) is 12.1 Å². The minimum absolute atomic E-state index is 0.144. The maximum Gasteiger partial charge on any atom is 0.322 e.